The number of benzene rings is 1. The molecule has 0 aliphatic carbocycles. The maximum Gasteiger partial charge on any atom is 0.256 e. The molecule has 0 aliphatic heterocycles. The molecule has 0 atom stereocenters. The van der Waals surface area contributed by atoms with E-state index in [4.69, 9.17) is 15.2 Å². The minimum Gasteiger partial charge on any atom is -0.493 e. The van der Waals surface area contributed by atoms with E-state index in [0.717, 1.165) is 0 Å². The molecule has 0 heterocycles. The van der Waals surface area contributed by atoms with Crippen LogP contribution in [0.15, 0.2) is 18.2 Å². The molecule has 0 spiro atoms. The molecule has 0 saturated heterocycles. The number of nitrogens with two attached hydrogens (primary N) is 1. The molecular weight excluding hydrogens is 194 g/mol. The Bertz CT molecular complexity index is 325. The van der Waals surface area contributed by atoms with Crippen molar-refractivity contribution in [3.8, 4) is 11.5 Å². The van der Waals surface area contributed by atoms with Gasteiger partial charge in [-0.25, -0.2) is 0 Å². The highest BCUT2D eigenvalue weighted by molar-refractivity contribution is 5.98. The molecule has 82 valence electrons. The molecule has 1 aromatic rings. The van der Waals surface area contributed by atoms with E-state index in [2.05, 4.69) is 0 Å². The minimum atomic E-state index is -0.539. The Kier molecular flexibility index (Phi) is 3.97. The standard InChI is InChI=1S/C11H15NO3/c1-3-14-8-6-5-7-9(15-4-2)10(8)11(12)13/h5-7H,3-4H2,1-2H3,(H2,12,13). The molecule has 0 aliphatic rings. The van der Waals surface area contributed by atoms with Crippen molar-refractivity contribution in [2.45, 2.75) is 13.8 Å². The van der Waals surface area contributed by atoms with Crippen LogP contribution in [0.1, 0.15) is 24.2 Å². The first-order valence-electron chi connectivity index (χ1n) is 4.89. The van der Waals surface area contributed by atoms with Gasteiger partial charge in [0, 0.05) is 0 Å². The molecule has 4 nitrogen and oxygen atoms in total. The van der Waals surface area contributed by atoms with Crippen molar-refractivity contribution in [1.82, 2.24) is 0 Å². The van der Waals surface area contributed by atoms with Crippen LogP contribution in [0.25, 0.3) is 0 Å². The van der Waals surface area contributed by atoms with Crippen molar-refractivity contribution in [2.75, 3.05) is 13.2 Å². The Labute approximate surface area is 89.0 Å². The van der Waals surface area contributed by atoms with Crippen molar-refractivity contribution < 1.29 is 14.3 Å². The van der Waals surface area contributed by atoms with Gasteiger partial charge in [0.1, 0.15) is 17.1 Å². The van der Waals surface area contributed by atoms with Crippen molar-refractivity contribution in [2.24, 2.45) is 5.73 Å². The van der Waals surface area contributed by atoms with Gasteiger partial charge in [-0.15, -0.1) is 0 Å². The van der Waals surface area contributed by atoms with Crippen LogP contribution in [0.3, 0.4) is 0 Å². The van der Waals surface area contributed by atoms with Crippen LogP contribution in [-0.2, 0) is 0 Å². The van der Waals surface area contributed by atoms with Crippen LogP contribution >= 0.6 is 0 Å². The van der Waals surface area contributed by atoms with E-state index in [0.29, 0.717) is 30.3 Å². The van der Waals surface area contributed by atoms with Gasteiger partial charge in [0.15, 0.2) is 0 Å². The summed E-state index contributed by atoms with van der Waals surface area (Å²) < 4.78 is 10.6. The van der Waals surface area contributed by atoms with E-state index in [1.54, 1.807) is 18.2 Å². The SMILES string of the molecule is CCOc1cccc(OCC)c1C(N)=O. The Morgan fingerprint density at radius 2 is 1.67 bits per heavy atom. The summed E-state index contributed by atoms with van der Waals surface area (Å²) in [5, 5.41) is 0. The minimum absolute atomic E-state index is 0.307. The summed E-state index contributed by atoms with van der Waals surface area (Å²) in [6.45, 7) is 4.65. The van der Waals surface area contributed by atoms with Gasteiger partial charge in [-0.3, -0.25) is 4.79 Å². The Hall–Kier alpha value is -1.71. The molecule has 2 N–H and O–H groups in total. The number of amides is 1. The fourth-order valence-corrected chi connectivity index (χ4v) is 1.31. The summed E-state index contributed by atoms with van der Waals surface area (Å²) in [6.07, 6.45) is 0. The zero-order valence-corrected chi connectivity index (χ0v) is 8.95. The van der Waals surface area contributed by atoms with E-state index < -0.39 is 5.91 Å². The van der Waals surface area contributed by atoms with Gasteiger partial charge in [0.25, 0.3) is 5.91 Å². The smallest absolute Gasteiger partial charge is 0.256 e. The largest absolute Gasteiger partial charge is 0.493 e. The van der Waals surface area contributed by atoms with Crippen molar-refractivity contribution >= 4 is 5.91 Å². The second-order valence-corrected chi connectivity index (χ2v) is 2.86. The van der Waals surface area contributed by atoms with Crippen LogP contribution in [0.5, 0.6) is 11.5 Å². The summed E-state index contributed by atoms with van der Waals surface area (Å²) in [6, 6.07) is 5.17. The molecular formula is C11H15NO3. The normalized spacial score (nSPS) is 9.73. The van der Waals surface area contributed by atoms with Gasteiger partial charge in [-0.1, -0.05) is 6.07 Å². The number of carbonyl (C=O) groups is 1. The molecule has 0 unspecified atom stereocenters. The lowest BCUT2D eigenvalue weighted by molar-refractivity contribution is 0.0992. The second kappa shape index (κ2) is 5.24. The van der Waals surface area contributed by atoms with E-state index in [-0.39, 0.29) is 0 Å². The molecule has 0 bridgehead atoms. The molecule has 1 aromatic carbocycles. The molecule has 4 heteroatoms. The van der Waals surface area contributed by atoms with E-state index >= 15 is 0 Å². The van der Waals surface area contributed by atoms with Crippen LogP contribution in [0, 0.1) is 0 Å². The van der Waals surface area contributed by atoms with E-state index in [1.807, 2.05) is 13.8 Å². The first-order valence-corrected chi connectivity index (χ1v) is 4.89. The monoisotopic (exact) mass is 209 g/mol. The highest BCUT2D eigenvalue weighted by Gasteiger charge is 2.15. The first-order chi connectivity index (χ1) is 7.20. The third-order valence-electron chi connectivity index (χ3n) is 1.83. The number of rotatable bonds is 5. The fraction of sp³-hybridized carbons (Fsp3) is 0.364. The summed E-state index contributed by atoms with van der Waals surface area (Å²) in [4.78, 5) is 11.3. The van der Waals surface area contributed by atoms with Crippen LogP contribution in [0.4, 0.5) is 0 Å². The lowest BCUT2D eigenvalue weighted by Crippen LogP contribution is -2.15. The summed E-state index contributed by atoms with van der Waals surface area (Å²) in [7, 11) is 0. The number of hydrogen-bond acceptors (Lipinski definition) is 3. The van der Waals surface area contributed by atoms with Gasteiger partial charge in [0.05, 0.1) is 13.2 Å². The van der Waals surface area contributed by atoms with Crippen molar-refractivity contribution in [1.29, 1.82) is 0 Å². The Morgan fingerprint density at radius 3 is 2.00 bits per heavy atom. The van der Waals surface area contributed by atoms with Gasteiger partial charge in [-0.2, -0.15) is 0 Å². The number of ether oxygens (including phenoxy) is 2. The zero-order valence-electron chi connectivity index (χ0n) is 8.95. The molecule has 0 saturated carbocycles. The summed E-state index contributed by atoms with van der Waals surface area (Å²) in [5.74, 6) is 0.398. The lowest BCUT2D eigenvalue weighted by Gasteiger charge is -2.12. The number of carbonyl (C=O) groups excluding carboxylic acids is 1. The average molecular weight is 209 g/mol. The third-order valence-corrected chi connectivity index (χ3v) is 1.83. The molecule has 1 amide bonds. The summed E-state index contributed by atoms with van der Waals surface area (Å²) in [5.41, 5.74) is 5.58. The van der Waals surface area contributed by atoms with Gasteiger partial charge < -0.3 is 15.2 Å². The molecule has 0 radical (unpaired) electrons. The maximum absolute atomic E-state index is 11.3. The third kappa shape index (κ3) is 2.62. The topological polar surface area (TPSA) is 61.6 Å². The van der Waals surface area contributed by atoms with Gasteiger partial charge in [0.2, 0.25) is 0 Å². The highest BCUT2D eigenvalue weighted by atomic mass is 16.5. The highest BCUT2D eigenvalue weighted by Crippen LogP contribution is 2.27. The van der Waals surface area contributed by atoms with E-state index in [9.17, 15) is 4.79 Å². The molecule has 1 rings (SSSR count). The Balaban J connectivity index is 3.15. The molecule has 0 fully saturated rings. The van der Waals surface area contributed by atoms with Crippen LogP contribution < -0.4 is 15.2 Å². The second-order valence-electron chi connectivity index (χ2n) is 2.86. The zero-order chi connectivity index (χ0) is 11.3. The fourth-order valence-electron chi connectivity index (χ4n) is 1.31. The molecule has 15 heavy (non-hydrogen) atoms. The quantitative estimate of drug-likeness (QED) is 0.800. The van der Waals surface area contributed by atoms with Crippen LogP contribution in [0.2, 0.25) is 0 Å². The summed E-state index contributed by atoms with van der Waals surface area (Å²) >= 11 is 0. The maximum atomic E-state index is 11.3. The lowest BCUT2D eigenvalue weighted by atomic mass is 10.1. The van der Waals surface area contributed by atoms with Gasteiger partial charge >= 0.3 is 0 Å². The predicted molar refractivity (Wildman–Crippen MR) is 57.3 cm³/mol. The average Bonchev–Trinajstić information content (AvgIpc) is 2.18. The first kappa shape index (κ1) is 11.4. The number of hydrogen-bond donors (Lipinski definition) is 1. The van der Waals surface area contributed by atoms with Gasteiger partial charge in [-0.05, 0) is 26.0 Å². The van der Waals surface area contributed by atoms with Crippen LogP contribution in [-0.4, -0.2) is 19.1 Å². The number of primary amides is 1. The molecule has 0 aromatic heterocycles. The Morgan fingerprint density at radius 1 is 1.20 bits per heavy atom. The van der Waals surface area contributed by atoms with Crippen molar-refractivity contribution in [3.05, 3.63) is 23.8 Å². The van der Waals surface area contributed by atoms with Crippen molar-refractivity contribution in [3.63, 3.8) is 0 Å². The predicted octanol–water partition coefficient (Wildman–Crippen LogP) is 1.58. The van der Waals surface area contributed by atoms with E-state index in [1.165, 1.54) is 0 Å².